The lowest BCUT2D eigenvalue weighted by Gasteiger charge is -2.31. The fraction of sp³-hybridized carbons (Fsp3) is 0.375. The number of carbonyl (C=O) groups excluding carboxylic acids is 1. The van der Waals surface area contributed by atoms with Crippen LogP contribution >= 0.6 is 11.6 Å². The Morgan fingerprint density at radius 3 is 2.59 bits per heavy atom. The number of sulfonamides is 1. The lowest BCUT2D eigenvalue weighted by molar-refractivity contribution is -0.122. The van der Waals surface area contributed by atoms with Crippen LogP contribution in [0.2, 0.25) is 5.02 Å². The summed E-state index contributed by atoms with van der Waals surface area (Å²) in [5.41, 5.74) is 3.18. The number of rotatable bonds is 7. The minimum atomic E-state index is -3.47. The van der Waals surface area contributed by atoms with Gasteiger partial charge in [0.05, 0.1) is 4.90 Å². The van der Waals surface area contributed by atoms with E-state index >= 15 is 0 Å². The fourth-order valence-corrected chi connectivity index (χ4v) is 5.88. The third kappa shape index (κ3) is 5.17. The van der Waals surface area contributed by atoms with E-state index in [-0.39, 0.29) is 11.8 Å². The van der Waals surface area contributed by atoms with Crippen LogP contribution in [0.25, 0.3) is 10.9 Å². The Hall–Kier alpha value is -2.35. The van der Waals surface area contributed by atoms with Crippen LogP contribution in [0.4, 0.5) is 0 Å². The first-order chi connectivity index (χ1) is 15.3. The van der Waals surface area contributed by atoms with Crippen molar-refractivity contribution in [2.24, 2.45) is 5.92 Å². The molecule has 170 valence electrons. The van der Waals surface area contributed by atoms with Gasteiger partial charge in [0, 0.05) is 48.2 Å². The number of H-pyrrole nitrogens is 1. The molecule has 1 fully saturated rings. The molecule has 3 aromatic rings. The largest absolute Gasteiger partial charge is 0.361 e. The van der Waals surface area contributed by atoms with Gasteiger partial charge in [-0.2, -0.15) is 4.31 Å². The monoisotopic (exact) mass is 473 g/mol. The van der Waals surface area contributed by atoms with E-state index in [0.29, 0.717) is 48.8 Å². The van der Waals surface area contributed by atoms with Crippen molar-refractivity contribution >= 4 is 38.4 Å². The van der Waals surface area contributed by atoms with Crippen LogP contribution in [-0.2, 0) is 21.2 Å². The molecule has 1 aliphatic heterocycles. The molecule has 1 aromatic heterocycles. The summed E-state index contributed by atoms with van der Waals surface area (Å²) in [5.74, 6) is 0.217. The average Bonchev–Trinajstić information content (AvgIpc) is 3.16. The van der Waals surface area contributed by atoms with Crippen LogP contribution in [0.1, 0.15) is 30.4 Å². The summed E-state index contributed by atoms with van der Waals surface area (Å²) < 4.78 is 27.2. The van der Waals surface area contributed by atoms with Crippen LogP contribution in [0.5, 0.6) is 0 Å². The standard InChI is InChI=1S/C24H28ClN3O3S/c1-17-2-5-21(6-3-17)32(30,31)28-12-9-18(10-13-28)14-24(29)26-11-8-19-16-27-23-7-4-20(25)15-22(19)23/h2-7,15-16,18,27H,8-14H2,1H3,(H,26,29). The number of aromatic nitrogens is 1. The van der Waals surface area contributed by atoms with Crippen molar-refractivity contribution < 1.29 is 13.2 Å². The van der Waals surface area contributed by atoms with Gasteiger partial charge in [0.2, 0.25) is 15.9 Å². The molecule has 6 nitrogen and oxygen atoms in total. The van der Waals surface area contributed by atoms with Gasteiger partial charge in [0.1, 0.15) is 0 Å². The van der Waals surface area contributed by atoms with Crippen LogP contribution in [0.3, 0.4) is 0 Å². The highest BCUT2D eigenvalue weighted by Crippen LogP contribution is 2.26. The molecule has 2 aromatic carbocycles. The fourth-order valence-electron chi connectivity index (χ4n) is 4.24. The number of nitrogens with one attached hydrogen (secondary N) is 2. The van der Waals surface area contributed by atoms with E-state index in [0.717, 1.165) is 28.5 Å². The normalized spacial score (nSPS) is 15.8. The van der Waals surface area contributed by atoms with Gasteiger partial charge in [-0.1, -0.05) is 29.3 Å². The number of nitrogens with zero attached hydrogens (tertiary/aromatic N) is 1. The zero-order valence-corrected chi connectivity index (χ0v) is 19.7. The maximum atomic E-state index is 12.8. The lowest BCUT2D eigenvalue weighted by atomic mass is 9.94. The number of piperidine rings is 1. The van der Waals surface area contributed by atoms with E-state index < -0.39 is 10.0 Å². The van der Waals surface area contributed by atoms with Crippen molar-refractivity contribution in [3.8, 4) is 0 Å². The maximum absolute atomic E-state index is 12.8. The summed E-state index contributed by atoms with van der Waals surface area (Å²) in [5, 5.41) is 4.77. The van der Waals surface area contributed by atoms with Gasteiger partial charge in [-0.15, -0.1) is 0 Å². The van der Waals surface area contributed by atoms with E-state index in [4.69, 9.17) is 11.6 Å². The second-order valence-corrected chi connectivity index (χ2v) is 10.8. The van der Waals surface area contributed by atoms with E-state index in [1.165, 1.54) is 4.31 Å². The quantitative estimate of drug-likeness (QED) is 0.537. The molecule has 0 bridgehead atoms. The second kappa shape index (κ2) is 9.65. The van der Waals surface area contributed by atoms with E-state index in [1.807, 2.05) is 43.5 Å². The Labute approximate surface area is 194 Å². The molecular formula is C24H28ClN3O3S. The SMILES string of the molecule is Cc1ccc(S(=O)(=O)N2CCC(CC(=O)NCCc3c[nH]c4ccc(Cl)cc34)CC2)cc1. The molecule has 32 heavy (non-hydrogen) atoms. The molecule has 0 unspecified atom stereocenters. The van der Waals surface area contributed by atoms with Gasteiger partial charge in [-0.05, 0) is 68.0 Å². The van der Waals surface area contributed by atoms with Crippen molar-refractivity contribution in [1.82, 2.24) is 14.6 Å². The van der Waals surface area contributed by atoms with Gasteiger partial charge in [-0.3, -0.25) is 4.79 Å². The maximum Gasteiger partial charge on any atom is 0.243 e. The predicted octanol–water partition coefficient (Wildman–Crippen LogP) is 4.28. The number of halogens is 1. The summed E-state index contributed by atoms with van der Waals surface area (Å²) in [4.78, 5) is 16.0. The highest BCUT2D eigenvalue weighted by atomic mass is 35.5. The Bertz CT molecular complexity index is 1200. The first-order valence-electron chi connectivity index (χ1n) is 10.9. The molecule has 2 heterocycles. The van der Waals surface area contributed by atoms with Crippen LogP contribution < -0.4 is 5.32 Å². The second-order valence-electron chi connectivity index (χ2n) is 8.47. The van der Waals surface area contributed by atoms with Gasteiger partial charge in [0.15, 0.2) is 0 Å². The van der Waals surface area contributed by atoms with Gasteiger partial charge < -0.3 is 10.3 Å². The number of aryl methyl sites for hydroxylation is 1. The Morgan fingerprint density at radius 2 is 1.88 bits per heavy atom. The van der Waals surface area contributed by atoms with Crippen LogP contribution in [0.15, 0.2) is 53.6 Å². The molecular weight excluding hydrogens is 446 g/mol. The number of aromatic amines is 1. The average molecular weight is 474 g/mol. The number of fused-ring (bicyclic) bond motifs is 1. The molecule has 0 atom stereocenters. The molecule has 2 N–H and O–H groups in total. The van der Waals surface area contributed by atoms with Gasteiger partial charge in [-0.25, -0.2) is 8.42 Å². The summed E-state index contributed by atoms with van der Waals surface area (Å²) >= 11 is 6.10. The van der Waals surface area contributed by atoms with Gasteiger partial charge in [0.25, 0.3) is 0 Å². The van der Waals surface area contributed by atoms with Crippen molar-refractivity contribution in [2.75, 3.05) is 19.6 Å². The Morgan fingerprint density at radius 1 is 1.16 bits per heavy atom. The minimum Gasteiger partial charge on any atom is -0.361 e. The number of amides is 1. The molecule has 8 heteroatoms. The number of hydrogen-bond acceptors (Lipinski definition) is 3. The van der Waals surface area contributed by atoms with Gasteiger partial charge >= 0.3 is 0 Å². The third-order valence-electron chi connectivity index (χ3n) is 6.15. The number of benzene rings is 2. The first kappa shape index (κ1) is 22.8. The highest BCUT2D eigenvalue weighted by molar-refractivity contribution is 7.89. The third-order valence-corrected chi connectivity index (χ3v) is 8.30. The molecule has 0 aliphatic carbocycles. The minimum absolute atomic E-state index is 0.0164. The topological polar surface area (TPSA) is 82.3 Å². The van der Waals surface area contributed by atoms with E-state index in [9.17, 15) is 13.2 Å². The number of hydrogen-bond donors (Lipinski definition) is 2. The summed E-state index contributed by atoms with van der Waals surface area (Å²) in [7, 11) is -3.47. The summed E-state index contributed by atoms with van der Waals surface area (Å²) in [6, 6.07) is 12.7. The molecule has 1 saturated heterocycles. The predicted molar refractivity (Wildman–Crippen MR) is 127 cm³/mol. The summed E-state index contributed by atoms with van der Waals surface area (Å²) in [6.45, 7) is 3.39. The molecule has 1 aliphatic rings. The molecule has 0 spiro atoms. The molecule has 0 saturated carbocycles. The molecule has 0 radical (unpaired) electrons. The highest BCUT2D eigenvalue weighted by Gasteiger charge is 2.30. The lowest BCUT2D eigenvalue weighted by Crippen LogP contribution is -2.39. The summed E-state index contributed by atoms with van der Waals surface area (Å²) in [6.07, 6.45) is 4.49. The van der Waals surface area contributed by atoms with Crippen molar-refractivity contribution in [1.29, 1.82) is 0 Å². The number of carbonyl (C=O) groups is 1. The van der Waals surface area contributed by atoms with Crippen molar-refractivity contribution in [3.05, 3.63) is 64.8 Å². The van der Waals surface area contributed by atoms with Crippen molar-refractivity contribution in [2.45, 2.75) is 37.5 Å². The Kier molecular flexibility index (Phi) is 6.88. The smallest absolute Gasteiger partial charge is 0.243 e. The van der Waals surface area contributed by atoms with Crippen molar-refractivity contribution in [3.63, 3.8) is 0 Å². The first-order valence-corrected chi connectivity index (χ1v) is 12.7. The van der Waals surface area contributed by atoms with E-state index in [1.54, 1.807) is 12.1 Å². The van der Waals surface area contributed by atoms with Crippen LogP contribution in [-0.4, -0.2) is 43.2 Å². The Balaban J connectivity index is 1.24. The zero-order valence-electron chi connectivity index (χ0n) is 18.1. The molecule has 4 rings (SSSR count). The zero-order chi connectivity index (χ0) is 22.7. The van der Waals surface area contributed by atoms with E-state index in [2.05, 4.69) is 10.3 Å². The van der Waals surface area contributed by atoms with Crippen LogP contribution in [0, 0.1) is 12.8 Å². The molecule has 1 amide bonds.